The van der Waals surface area contributed by atoms with Crippen LogP contribution in [-0.2, 0) is 20.9 Å². The summed E-state index contributed by atoms with van der Waals surface area (Å²) in [7, 11) is 0. The van der Waals surface area contributed by atoms with Gasteiger partial charge in [0.1, 0.15) is 24.1 Å². The molecule has 1 saturated heterocycles. The van der Waals surface area contributed by atoms with Crippen LogP contribution in [0.5, 0.6) is 5.75 Å². The molecule has 2 rings (SSSR count). The first-order valence-electron chi connectivity index (χ1n) is 9.51. The van der Waals surface area contributed by atoms with Crippen LogP contribution in [0.4, 0.5) is 5.69 Å². The Hall–Kier alpha value is -1.91. The predicted molar refractivity (Wildman–Crippen MR) is 105 cm³/mol. The summed E-state index contributed by atoms with van der Waals surface area (Å²) < 4.78 is 16.5. The van der Waals surface area contributed by atoms with Gasteiger partial charge in [0.05, 0.1) is 18.4 Å². The Morgan fingerprint density at radius 3 is 2.38 bits per heavy atom. The van der Waals surface area contributed by atoms with E-state index in [0.717, 1.165) is 5.56 Å². The van der Waals surface area contributed by atoms with Crippen LogP contribution in [0.1, 0.15) is 40.2 Å². The molecule has 0 saturated carbocycles. The van der Waals surface area contributed by atoms with Crippen molar-refractivity contribution in [3.05, 3.63) is 23.8 Å². The van der Waals surface area contributed by atoms with E-state index in [0.29, 0.717) is 18.0 Å². The zero-order valence-corrected chi connectivity index (χ0v) is 17.3. The first-order valence-corrected chi connectivity index (χ1v) is 9.51. The molecule has 0 aliphatic carbocycles. The molecule has 5 unspecified atom stereocenters. The Morgan fingerprint density at radius 2 is 1.83 bits per heavy atom. The number of carboxylic acid groups (broad SMARTS) is 1. The molecular weight excluding hydrogens is 382 g/mol. The number of carbonyl (C=O) groups is 1. The highest BCUT2D eigenvalue weighted by Gasteiger charge is 2.48. The van der Waals surface area contributed by atoms with Crippen LogP contribution in [0.25, 0.3) is 0 Å². The summed E-state index contributed by atoms with van der Waals surface area (Å²) in [5.41, 5.74) is 1.16. The third-order valence-electron chi connectivity index (χ3n) is 4.19. The summed E-state index contributed by atoms with van der Waals surface area (Å²) in [6.07, 6.45) is -8.27. The van der Waals surface area contributed by atoms with Crippen LogP contribution in [0.15, 0.2) is 18.2 Å². The van der Waals surface area contributed by atoms with Crippen molar-refractivity contribution in [2.75, 3.05) is 5.32 Å². The first kappa shape index (κ1) is 23.4. The Morgan fingerprint density at radius 1 is 1.17 bits per heavy atom. The van der Waals surface area contributed by atoms with Crippen molar-refractivity contribution in [2.45, 2.75) is 83.6 Å². The maximum atomic E-state index is 11.3. The monoisotopic (exact) mass is 413 g/mol. The zero-order valence-electron chi connectivity index (χ0n) is 17.3. The third-order valence-corrected chi connectivity index (χ3v) is 4.19. The van der Waals surface area contributed by atoms with Gasteiger partial charge in [-0.1, -0.05) is 6.07 Å². The maximum Gasteiger partial charge on any atom is 0.335 e. The van der Waals surface area contributed by atoms with Gasteiger partial charge < -0.3 is 40.0 Å². The number of hydrogen-bond donors (Lipinski definition) is 5. The minimum Gasteiger partial charge on any atom is -0.479 e. The average molecular weight is 413 g/mol. The minimum atomic E-state index is -1.77. The molecule has 0 radical (unpaired) electrons. The number of hydrogen-bond acceptors (Lipinski definition) is 8. The van der Waals surface area contributed by atoms with Crippen molar-refractivity contribution in [1.29, 1.82) is 0 Å². The summed E-state index contributed by atoms with van der Waals surface area (Å²) in [5, 5.41) is 42.5. The molecule has 0 amide bonds. The highest BCUT2D eigenvalue weighted by molar-refractivity contribution is 5.73. The van der Waals surface area contributed by atoms with Gasteiger partial charge in [-0.15, -0.1) is 0 Å². The van der Waals surface area contributed by atoms with Crippen LogP contribution < -0.4 is 10.1 Å². The van der Waals surface area contributed by atoms with E-state index in [1.165, 1.54) is 0 Å². The summed E-state index contributed by atoms with van der Waals surface area (Å²) in [6.45, 7) is 10.1. The minimum absolute atomic E-state index is 0.0663. The van der Waals surface area contributed by atoms with Gasteiger partial charge in [-0.2, -0.15) is 0 Å². The third kappa shape index (κ3) is 6.28. The molecule has 1 aliphatic rings. The second kappa shape index (κ2) is 9.27. The molecule has 1 fully saturated rings. The van der Waals surface area contributed by atoms with Crippen molar-refractivity contribution in [1.82, 2.24) is 0 Å². The van der Waals surface area contributed by atoms with E-state index < -0.39 is 36.7 Å². The van der Waals surface area contributed by atoms with E-state index in [2.05, 4.69) is 5.32 Å². The van der Waals surface area contributed by atoms with Gasteiger partial charge in [-0.05, 0) is 52.3 Å². The summed E-state index contributed by atoms with van der Waals surface area (Å²) in [6, 6.07) is 5.26. The van der Waals surface area contributed by atoms with Gasteiger partial charge in [0.2, 0.25) is 6.29 Å². The van der Waals surface area contributed by atoms with E-state index >= 15 is 0 Å². The highest BCUT2D eigenvalue weighted by atomic mass is 16.7. The number of nitrogens with one attached hydrogen (secondary N) is 1. The fourth-order valence-corrected chi connectivity index (χ4v) is 2.81. The standard InChI is InChI=1S/C20H31NO8/c1-10(2)27-9-11-6-7-13(12(8-11)21-20(3,4)5)28-19-16(24)14(22)15(23)17(29-19)18(25)26/h6-8,10,14-17,19,21-24H,9H2,1-5H3,(H,25,26). The number of aliphatic hydroxyl groups is 3. The molecule has 1 heterocycles. The molecule has 0 bridgehead atoms. The fourth-order valence-electron chi connectivity index (χ4n) is 2.81. The van der Waals surface area contributed by atoms with E-state index in [1.54, 1.807) is 12.1 Å². The molecule has 1 aliphatic heterocycles. The van der Waals surface area contributed by atoms with Crippen molar-refractivity contribution in [3.63, 3.8) is 0 Å². The number of rotatable bonds is 7. The average Bonchev–Trinajstić information content (AvgIpc) is 2.60. The molecule has 1 aromatic rings. The number of carboxylic acids is 1. The topological polar surface area (TPSA) is 138 Å². The quantitative estimate of drug-likeness (QED) is 0.445. The normalized spacial score (nSPS) is 27.7. The van der Waals surface area contributed by atoms with E-state index in [9.17, 15) is 25.2 Å². The molecule has 9 heteroatoms. The lowest BCUT2D eigenvalue weighted by Gasteiger charge is -2.38. The summed E-state index contributed by atoms with van der Waals surface area (Å²) >= 11 is 0. The summed E-state index contributed by atoms with van der Waals surface area (Å²) in [5.74, 6) is -1.17. The summed E-state index contributed by atoms with van der Waals surface area (Å²) in [4.78, 5) is 11.3. The molecule has 9 nitrogen and oxygen atoms in total. The number of benzene rings is 1. The van der Waals surface area contributed by atoms with Crippen LogP contribution in [-0.4, -0.2) is 68.7 Å². The van der Waals surface area contributed by atoms with Gasteiger partial charge in [0, 0.05) is 5.54 Å². The van der Waals surface area contributed by atoms with Crippen molar-refractivity contribution in [3.8, 4) is 5.75 Å². The lowest BCUT2D eigenvalue weighted by atomic mass is 9.99. The van der Waals surface area contributed by atoms with Crippen molar-refractivity contribution >= 4 is 11.7 Å². The van der Waals surface area contributed by atoms with E-state index in [1.807, 2.05) is 40.7 Å². The van der Waals surface area contributed by atoms with Gasteiger partial charge in [-0.25, -0.2) is 4.79 Å². The molecule has 29 heavy (non-hydrogen) atoms. The lowest BCUT2D eigenvalue weighted by molar-refractivity contribution is -0.271. The number of aliphatic hydroxyl groups excluding tert-OH is 3. The van der Waals surface area contributed by atoms with Crippen LogP contribution in [0, 0.1) is 0 Å². The zero-order chi connectivity index (χ0) is 21.9. The van der Waals surface area contributed by atoms with Gasteiger partial charge in [0.25, 0.3) is 0 Å². The van der Waals surface area contributed by atoms with E-state index in [-0.39, 0.29) is 11.6 Å². The Kier molecular flexibility index (Phi) is 7.47. The molecule has 164 valence electrons. The molecule has 5 atom stereocenters. The Balaban J connectivity index is 2.28. The SMILES string of the molecule is CC(C)OCc1ccc(OC2OC(C(=O)O)C(O)C(O)C2O)c(NC(C)(C)C)c1. The highest BCUT2D eigenvalue weighted by Crippen LogP contribution is 2.32. The number of ether oxygens (including phenoxy) is 3. The van der Waals surface area contributed by atoms with Crippen LogP contribution in [0.2, 0.25) is 0 Å². The number of aliphatic carboxylic acids is 1. The first-order chi connectivity index (χ1) is 13.4. The predicted octanol–water partition coefficient (Wildman–Crippen LogP) is 1.09. The van der Waals surface area contributed by atoms with Gasteiger partial charge in [0.15, 0.2) is 6.10 Å². The molecule has 1 aromatic carbocycles. The smallest absolute Gasteiger partial charge is 0.335 e. The van der Waals surface area contributed by atoms with Crippen LogP contribution in [0.3, 0.4) is 0 Å². The van der Waals surface area contributed by atoms with Gasteiger partial charge in [-0.3, -0.25) is 0 Å². The van der Waals surface area contributed by atoms with E-state index in [4.69, 9.17) is 14.2 Å². The van der Waals surface area contributed by atoms with Crippen LogP contribution >= 0.6 is 0 Å². The van der Waals surface area contributed by atoms with Crippen molar-refractivity contribution < 1.29 is 39.4 Å². The fraction of sp³-hybridized carbons (Fsp3) is 0.650. The Labute approximate surface area is 170 Å². The molecule has 5 N–H and O–H groups in total. The maximum absolute atomic E-state index is 11.3. The molecule has 0 spiro atoms. The van der Waals surface area contributed by atoms with Gasteiger partial charge >= 0.3 is 5.97 Å². The Bertz CT molecular complexity index is 702. The number of anilines is 1. The second-order valence-electron chi connectivity index (χ2n) is 8.42. The lowest BCUT2D eigenvalue weighted by Crippen LogP contribution is -2.61. The molecule has 0 aromatic heterocycles. The molecular formula is C20H31NO8. The largest absolute Gasteiger partial charge is 0.479 e. The van der Waals surface area contributed by atoms with Crippen molar-refractivity contribution in [2.24, 2.45) is 0 Å². The second-order valence-corrected chi connectivity index (χ2v) is 8.42.